The minimum atomic E-state index is -3.67. The molecule has 1 unspecified atom stereocenters. The Morgan fingerprint density at radius 2 is 2.05 bits per heavy atom. The summed E-state index contributed by atoms with van der Waals surface area (Å²) in [7, 11) is -3.67. The van der Waals surface area contributed by atoms with Crippen molar-refractivity contribution >= 4 is 15.9 Å². The third-order valence-electron chi connectivity index (χ3n) is 2.48. The zero-order chi connectivity index (χ0) is 14.5. The minimum Gasteiger partial charge on any atom is -0.299 e. The first kappa shape index (κ1) is 15.4. The van der Waals surface area contributed by atoms with Gasteiger partial charge in [0, 0.05) is 18.0 Å². The number of hydrogen-bond acceptors (Lipinski definition) is 4. The van der Waals surface area contributed by atoms with Gasteiger partial charge in [0.15, 0.2) is 5.78 Å². The Hall–Kier alpha value is -1.68. The standard InChI is InChI=1S/C12H11NO.CH4O3S/c1-2-7-13-11-8-12(14)10-6-4-3-5-9(10)11;1-5(2,3)4/h1,3-6,11,13H,7-8H2;1H3,(H,2,3,4). The Labute approximate surface area is 112 Å². The summed E-state index contributed by atoms with van der Waals surface area (Å²) in [6.07, 6.45) is 6.41. The van der Waals surface area contributed by atoms with Gasteiger partial charge in [-0.1, -0.05) is 30.2 Å². The summed E-state index contributed by atoms with van der Waals surface area (Å²) in [6.45, 7) is 0.506. The summed E-state index contributed by atoms with van der Waals surface area (Å²) >= 11 is 0. The molecule has 1 aliphatic carbocycles. The molecule has 0 saturated carbocycles. The molecule has 0 saturated heterocycles. The van der Waals surface area contributed by atoms with Crippen LogP contribution in [0.25, 0.3) is 0 Å². The zero-order valence-electron chi connectivity index (χ0n) is 10.5. The molecule has 0 bridgehead atoms. The lowest BCUT2D eigenvalue weighted by atomic mass is 10.1. The van der Waals surface area contributed by atoms with Crippen molar-refractivity contribution in [1.29, 1.82) is 0 Å². The van der Waals surface area contributed by atoms with Crippen LogP contribution in [0.3, 0.4) is 0 Å². The van der Waals surface area contributed by atoms with Gasteiger partial charge in [0.1, 0.15) is 0 Å². The Kier molecular flexibility index (Phi) is 5.24. The number of carbonyl (C=O) groups is 1. The van der Waals surface area contributed by atoms with E-state index in [1.807, 2.05) is 24.3 Å². The fourth-order valence-corrected chi connectivity index (χ4v) is 1.82. The fourth-order valence-electron chi connectivity index (χ4n) is 1.82. The lowest BCUT2D eigenvalue weighted by Crippen LogP contribution is -2.19. The van der Waals surface area contributed by atoms with E-state index in [0.29, 0.717) is 19.2 Å². The van der Waals surface area contributed by atoms with Crippen LogP contribution < -0.4 is 5.32 Å². The first-order valence-corrected chi connectivity index (χ1v) is 7.39. The molecule has 0 spiro atoms. The molecule has 2 N–H and O–H groups in total. The number of nitrogens with one attached hydrogen (secondary N) is 1. The van der Waals surface area contributed by atoms with Gasteiger partial charge in [-0.25, -0.2) is 0 Å². The number of ketones is 1. The van der Waals surface area contributed by atoms with E-state index >= 15 is 0 Å². The molecule has 1 aromatic rings. The SMILES string of the molecule is C#CCNC1CC(=O)c2ccccc21.CS(=O)(=O)O. The molecule has 0 aliphatic heterocycles. The molecule has 0 amide bonds. The number of carbonyl (C=O) groups excluding carboxylic acids is 1. The van der Waals surface area contributed by atoms with Gasteiger partial charge in [-0.2, -0.15) is 8.42 Å². The fraction of sp³-hybridized carbons (Fsp3) is 0.308. The van der Waals surface area contributed by atoms with Crippen molar-refractivity contribution in [3.63, 3.8) is 0 Å². The van der Waals surface area contributed by atoms with Crippen molar-refractivity contribution in [3.8, 4) is 12.3 Å². The minimum absolute atomic E-state index is 0.106. The highest BCUT2D eigenvalue weighted by molar-refractivity contribution is 7.85. The van der Waals surface area contributed by atoms with Gasteiger partial charge in [0.2, 0.25) is 0 Å². The lowest BCUT2D eigenvalue weighted by Gasteiger charge is -2.09. The summed E-state index contributed by atoms with van der Waals surface area (Å²) in [5.74, 6) is 2.72. The Balaban J connectivity index is 0.000000312. The maximum atomic E-state index is 11.5. The third-order valence-corrected chi connectivity index (χ3v) is 2.48. The first-order chi connectivity index (χ1) is 8.83. The number of benzene rings is 1. The largest absolute Gasteiger partial charge is 0.299 e. The molecule has 2 rings (SSSR count). The monoisotopic (exact) mass is 281 g/mol. The summed E-state index contributed by atoms with van der Waals surface area (Å²) in [6, 6.07) is 7.79. The van der Waals surface area contributed by atoms with E-state index in [4.69, 9.17) is 11.0 Å². The average molecular weight is 281 g/mol. The van der Waals surface area contributed by atoms with Crippen LogP contribution in [0.15, 0.2) is 24.3 Å². The summed E-state index contributed by atoms with van der Waals surface area (Å²) in [5.41, 5.74) is 1.91. The molecule has 1 aromatic carbocycles. The first-order valence-electron chi connectivity index (χ1n) is 5.54. The highest BCUT2D eigenvalue weighted by Crippen LogP contribution is 2.30. The lowest BCUT2D eigenvalue weighted by molar-refractivity contribution is 0.0986. The second-order valence-corrected chi connectivity index (χ2v) is 5.55. The van der Waals surface area contributed by atoms with Crippen molar-refractivity contribution in [2.75, 3.05) is 12.8 Å². The quantitative estimate of drug-likeness (QED) is 0.625. The molecular weight excluding hydrogens is 266 g/mol. The molecule has 1 atom stereocenters. The van der Waals surface area contributed by atoms with E-state index in [1.165, 1.54) is 0 Å². The van der Waals surface area contributed by atoms with Crippen LogP contribution in [0.2, 0.25) is 0 Å². The molecule has 0 fully saturated rings. The van der Waals surface area contributed by atoms with E-state index in [-0.39, 0.29) is 11.8 Å². The molecule has 6 heteroatoms. The van der Waals surface area contributed by atoms with Gasteiger partial charge >= 0.3 is 0 Å². The van der Waals surface area contributed by atoms with Gasteiger partial charge < -0.3 is 0 Å². The van der Waals surface area contributed by atoms with E-state index in [0.717, 1.165) is 11.1 Å². The smallest absolute Gasteiger partial charge is 0.261 e. The van der Waals surface area contributed by atoms with Crippen LogP contribution in [0.1, 0.15) is 28.4 Å². The van der Waals surface area contributed by atoms with Crippen LogP contribution >= 0.6 is 0 Å². The highest BCUT2D eigenvalue weighted by atomic mass is 32.2. The maximum Gasteiger partial charge on any atom is 0.261 e. The van der Waals surface area contributed by atoms with Gasteiger partial charge in [0.25, 0.3) is 10.1 Å². The van der Waals surface area contributed by atoms with Crippen LogP contribution in [-0.4, -0.2) is 31.6 Å². The number of rotatable bonds is 2. The van der Waals surface area contributed by atoms with E-state index in [2.05, 4.69) is 11.2 Å². The van der Waals surface area contributed by atoms with Crippen molar-refractivity contribution in [1.82, 2.24) is 5.32 Å². The van der Waals surface area contributed by atoms with Crippen LogP contribution in [-0.2, 0) is 10.1 Å². The highest BCUT2D eigenvalue weighted by Gasteiger charge is 2.27. The topological polar surface area (TPSA) is 83.5 Å². The summed E-state index contributed by atoms with van der Waals surface area (Å²) in [5, 5.41) is 3.16. The Morgan fingerprint density at radius 1 is 1.47 bits per heavy atom. The van der Waals surface area contributed by atoms with Crippen molar-refractivity contribution in [2.24, 2.45) is 0 Å². The molecule has 0 aromatic heterocycles. The van der Waals surface area contributed by atoms with Crippen LogP contribution in [0.5, 0.6) is 0 Å². The molecule has 1 aliphatic rings. The predicted octanol–water partition coefficient (Wildman–Crippen LogP) is 1.04. The van der Waals surface area contributed by atoms with E-state index in [1.54, 1.807) is 0 Å². The van der Waals surface area contributed by atoms with Crippen molar-refractivity contribution in [3.05, 3.63) is 35.4 Å². The number of Topliss-reactive ketones (excluding diaryl/α,β-unsaturated/α-hetero) is 1. The van der Waals surface area contributed by atoms with E-state index < -0.39 is 10.1 Å². The van der Waals surface area contributed by atoms with Gasteiger partial charge in [-0.05, 0) is 5.56 Å². The molecule has 102 valence electrons. The molecular formula is C13H15NO4S. The van der Waals surface area contributed by atoms with Gasteiger partial charge in [-0.15, -0.1) is 6.42 Å². The van der Waals surface area contributed by atoms with Crippen LogP contribution in [0.4, 0.5) is 0 Å². The van der Waals surface area contributed by atoms with E-state index in [9.17, 15) is 13.2 Å². The third kappa shape index (κ3) is 5.22. The molecule has 0 radical (unpaired) electrons. The predicted molar refractivity (Wildman–Crippen MR) is 72.4 cm³/mol. The molecule has 0 heterocycles. The Bertz CT molecular complexity index is 593. The zero-order valence-corrected chi connectivity index (χ0v) is 11.3. The number of fused-ring (bicyclic) bond motifs is 1. The number of terminal acetylenes is 1. The van der Waals surface area contributed by atoms with Gasteiger partial charge in [-0.3, -0.25) is 14.7 Å². The maximum absolute atomic E-state index is 11.5. The Morgan fingerprint density at radius 3 is 2.63 bits per heavy atom. The second-order valence-electron chi connectivity index (χ2n) is 4.09. The van der Waals surface area contributed by atoms with Crippen molar-refractivity contribution in [2.45, 2.75) is 12.5 Å². The van der Waals surface area contributed by atoms with Crippen LogP contribution in [0, 0.1) is 12.3 Å². The van der Waals surface area contributed by atoms with Gasteiger partial charge in [0.05, 0.1) is 12.8 Å². The summed E-state index contributed by atoms with van der Waals surface area (Å²) in [4.78, 5) is 11.5. The van der Waals surface area contributed by atoms with Crippen molar-refractivity contribution < 1.29 is 17.8 Å². The number of hydrogen-bond donors (Lipinski definition) is 2. The summed E-state index contributed by atoms with van der Waals surface area (Å²) < 4.78 is 25.9. The molecule has 19 heavy (non-hydrogen) atoms. The second kappa shape index (κ2) is 6.48. The normalized spacial score (nSPS) is 17.1. The molecule has 5 nitrogen and oxygen atoms in total. The average Bonchev–Trinajstić information content (AvgIpc) is 2.62.